The van der Waals surface area contributed by atoms with E-state index in [1.165, 1.54) is 16.7 Å². The maximum atomic E-state index is 13.5. The molecule has 0 radical (unpaired) electrons. The second-order valence-electron chi connectivity index (χ2n) is 10.4. The zero-order chi connectivity index (χ0) is 25.7. The van der Waals surface area contributed by atoms with Crippen LogP contribution in [0.1, 0.15) is 47.0 Å². The van der Waals surface area contributed by atoms with Crippen molar-refractivity contribution < 1.29 is 14.7 Å². The van der Waals surface area contributed by atoms with Gasteiger partial charge in [-0.2, -0.15) is 0 Å². The van der Waals surface area contributed by atoms with Crippen LogP contribution in [0.4, 0.5) is 5.69 Å². The smallest absolute Gasteiger partial charge is 0.326 e. The number of fused-ring (bicyclic) bond motifs is 1. The number of carboxylic acid groups (broad SMARTS) is 1. The van der Waals surface area contributed by atoms with Gasteiger partial charge in [0.15, 0.2) is 0 Å². The molecule has 1 amide bonds. The van der Waals surface area contributed by atoms with E-state index in [9.17, 15) is 14.7 Å². The second-order valence-corrected chi connectivity index (χ2v) is 13.5. The lowest BCUT2D eigenvalue weighted by molar-refractivity contribution is -0.145. The van der Waals surface area contributed by atoms with Gasteiger partial charge in [0, 0.05) is 17.0 Å². The Labute approximate surface area is 225 Å². The Bertz CT molecular complexity index is 1200. The van der Waals surface area contributed by atoms with Crippen LogP contribution in [0.3, 0.4) is 0 Å². The van der Waals surface area contributed by atoms with E-state index in [2.05, 4.69) is 30.9 Å². The summed E-state index contributed by atoms with van der Waals surface area (Å²) in [6, 6.07) is 4.95. The van der Waals surface area contributed by atoms with Gasteiger partial charge in [-0.1, -0.05) is 81.1 Å². The van der Waals surface area contributed by atoms with Crippen molar-refractivity contribution >= 4 is 69.2 Å². The summed E-state index contributed by atoms with van der Waals surface area (Å²) in [6.45, 7) is 8.28. The fourth-order valence-corrected chi connectivity index (χ4v) is 7.39. The van der Waals surface area contributed by atoms with Gasteiger partial charge in [-0.25, -0.2) is 4.79 Å². The number of carbonyl (C=O) groups excluding carboxylic acids is 1. The molecule has 1 N–H and O–H groups in total. The Morgan fingerprint density at radius 2 is 2.00 bits per heavy atom. The van der Waals surface area contributed by atoms with E-state index in [1.54, 1.807) is 11.8 Å². The van der Waals surface area contributed by atoms with E-state index < -0.39 is 12.0 Å². The topological polar surface area (TPSA) is 60.9 Å². The Morgan fingerprint density at radius 1 is 1.29 bits per heavy atom. The van der Waals surface area contributed by atoms with Gasteiger partial charge in [-0.15, -0.1) is 0 Å². The third-order valence-electron chi connectivity index (χ3n) is 6.23. The zero-order valence-electron chi connectivity index (χ0n) is 20.4. The van der Waals surface area contributed by atoms with E-state index in [1.807, 2.05) is 39.1 Å². The number of hydrogen-bond acceptors (Lipinski definition) is 6. The minimum absolute atomic E-state index is 0.0541. The summed E-state index contributed by atoms with van der Waals surface area (Å²) < 4.78 is 0.320. The minimum atomic E-state index is -1.02. The number of halogens is 1. The fourth-order valence-electron chi connectivity index (χ4n) is 4.73. The maximum Gasteiger partial charge on any atom is 0.326 e. The maximum absolute atomic E-state index is 13.5. The average Bonchev–Trinajstić information content (AvgIpc) is 3.20. The number of hydrogen-bond donors (Lipinski definition) is 1. The first-order valence-corrected chi connectivity index (χ1v) is 13.9. The fraction of sp³-hybridized carbons (Fsp3) is 0.423. The third-order valence-corrected chi connectivity index (χ3v) is 9.09. The number of anilines is 1. The molecule has 0 aromatic heterocycles. The number of allylic oxidation sites excluding steroid dienone is 4. The predicted molar refractivity (Wildman–Crippen MR) is 150 cm³/mol. The largest absolute Gasteiger partial charge is 0.480 e. The molecule has 186 valence electrons. The first-order valence-electron chi connectivity index (χ1n) is 11.5. The molecule has 1 aromatic carbocycles. The minimum Gasteiger partial charge on any atom is -0.480 e. The number of aliphatic carboxylic acids is 1. The zero-order valence-corrected chi connectivity index (χ0v) is 23.6. The molecule has 3 aliphatic rings. The molecule has 1 aliphatic carbocycles. The number of nitrogens with zero attached hydrogens (tertiary/aromatic N) is 2. The molecule has 9 heteroatoms. The SMILES string of the molecule is CC(C)CC(C(=O)O)N1C(=O)C(=C2C=C(C=C3Sc4ccc(Cl)cc4N3C)CC(C)(C)C2)SC1=S. The first-order chi connectivity index (χ1) is 16.4. The molecule has 1 fully saturated rings. The molecule has 1 atom stereocenters. The molecule has 5 nitrogen and oxygen atoms in total. The van der Waals surface area contributed by atoms with Crippen LogP contribution >= 0.6 is 47.3 Å². The number of thiocarbonyl (C=S) groups is 1. The van der Waals surface area contributed by atoms with Crippen molar-refractivity contribution in [3.8, 4) is 0 Å². The Hall–Kier alpha value is -1.74. The highest BCUT2D eigenvalue weighted by atomic mass is 35.5. The lowest BCUT2D eigenvalue weighted by atomic mass is 9.75. The average molecular weight is 549 g/mol. The van der Waals surface area contributed by atoms with E-state index in [4.69, 9.17) is 23.8 Å². The lowest BCUT2D eigenvalue weighted by Crippen LogP contribution is -2.44. The Balaban J connectivity index is 1.69. The van der Waals surface area contributed by atoms with Gasteiger partial charge in [-0.05, 0) is 66.0 Å². The molecular formula is C26H29ClN2O3S3. The van der Waals surface area contributed by atoms with Gasteiger partial charge in [0.05, 0.1) is 15.6 Å². The van der Waals surface area contributed by atoms with Gasteiger partial charge < -0.3 is 10.0 Å². The van der Waals surface area contributed by atoms with Crippen LogP contribution in [0, 0.1) is 11.3 Å². The molecule has 0 spiro atoms. The normalized spacial score (nSPS) is 23.9. The number of amides is 1. The van der Waals surface area contributed by atoms with Crippen molar-refractivity contribution in [3.63, 3.8) is 0 Å². The number of carboxylic acids is 1. The number of rotatable bonds is 5. The van der Waals surface area contributed by atoms with Crippen LogP contribution in [-0.2, 0) is 9.59 Å². The molecule has 0 saturated carbocycles. The molecule has 2 heterocycles. The van der Waals surface area contributed by atoms with Gasteiger partial charge in [-0.3, -0.25) is 9.69 Å². The van der Waals surface area contributed by atoms with Crippen molar-refractivity contribution in [1.82, 2.24) is 4.90 Å². The quantitative estimate of drug-likeness (QED) is 0.311. The van der Waals surface area contributed by atoms with Crippen molar-refractivity contribution in [2.24, 2.45) is 11.3 Å². The van der Waals surface area contributed by atoms with E-state index in [-0.39, 0.29) is 17.2 Å². The molecule has 0 bridgehead atoms. The highest BCUT2D eigenvalue weighted by Gasteiger charge is 2.42. The summed E-state index contributed by atoms with van der Waals surface area (Å²) in [7, 11) is 2.03. The van der Waals surface area contributed by atoms with Gasteiger partial charge in [0.2, 0.25) is 0 Å². The van der Waals surface area contributed by atoms with Crippen LogP contribution in [0.2, 0.25) is 5.02 Å². The number of thioether (sulfide) groups is 2. The second kappa shape index (κ2) is 9.96. The highest BCUT2D eigenvalue weighted by molar-refractivity contribution is 8.26. The summed E-state index contributed by atoms with van der Waals surface area (Å²) in [6.07, 6.45) is 6.23. The van der Waals surface area contributed by atoms with Crippen LogP contribution in [0.5, 0.6) is 0 Å². The van der Waals surface area contributed by atoms with Crippen molar-refractivity contribution in [1.29, 1.82) is 0 Å². The van der Waals surface area contributed by atoms with Crippen molar-refractivity contribution in [3.05, 3.63) is 56.5 Å². The summed E-state index contributed by atoms with van der Waals surface area (Å²) >= 11 is 14.6. The van der Waals surface area contributed by atoms with Crippen LogP contribution in [0.25, 0.3) is 0 Å². The Morgan fingerprint density at radius 3 is 2.66 bits per heavy atom. The van der Waals surface area contributed by atoms with E-state index >= 15 is 0 Å². The predicted octanol–water partition coefficient (Wildman–Crippen LogP) is 7.08. The van der Waals surface area contributed by atoms with Gasteiger partial charge in [0.1, 0.15) is 10.4 Å². The standard InChI is InChI=1S/C26H29ClN2O3S3/c1-14(2)8-19(24(31)32)29-23(30)22(35-25(29)33)16-9-15(12-26(3,4)13-16)10-21-28(5)18-11-17(27)6-7-20(18)34-21/h6-7,9-11,14,19H,8,12-13H2,1-5H3,(H,31,32). The van der Waals surface area contributed by atoms with Crippen molar-refractivity contribution in [2.45, 2.75) is 57.9 Å². The highest BCUT2D eigenvalue weighted by Crippen LogP contribution is 2.49. The molecule has 1 aromatic rings. The Kier molecular flexibility index (Phi) is 7.49. The van der Waals surface area contributed by atoms with Crippen molar-refractivity contribution in [2.75, 3.05) is 11.9 Å². The summed E-state index contributed by atoms with van der Waals surface area (Å²) in [5, 5.41) is 11.6. The molecule has 1 saturated heterocycles. The molecule has 35 heavy (non-hydrogen) atoms. The first kappa shape index (κ1) is 26.3. The number of carbonyl (C=O) groups is 2. The summed E-state index contributed by atoms with van der Waals surface area (Å²) in [5.74, 6) is -1.19. The molecular weight excluding hydrogens is 520 g/mol. The van der Waals surface area contributed by atoms with Gasteiger partial charge in [0.25, 0.3) is 5.91 Å². The van der Waals surface area contributed by atoms with Crippen LogP contribution in [-0.4, -0.2) is 39.3 Å². The third kappa shape index (κ3) is 5.50. The van der Waals surface area contributed by atoms with E-state index in [0.29, 0.717) is 20.7 Å². The number of benzene rings is 1. The summed E-state index contributed by atoms with van der Waals surface area (Å²) in [4.78, 5) is 30.6. The van der Waals surface area contributed by atoms with Crippen LogP contribution in [0.15, 0.2) is 56.3 Å². The monoisotopic (exact) mass is 548 g/mol. The molecule has 2 aliphatic heterocycles. The summed E-state index contributed by atoms with van der Waals surface area (Å²) in [5.41, 5.74) is 3.08. The van der Waals surface area contributed by atoms with Crippen LogP contribution < -0.4 is 4.90 Å². The lowest BCUT2D eigenvalue weighted by Gasteiger charge is -2.31. The van der Waals surface area contributed by atoms with E-state index in [0.717, 1.165) is 39.6 Å². The molecule has 4 rings (SSSR count). The van der Waals surface area contributed by atoms with Gasteiger partial charge >= 0.3 is 5.97 Å². The molecule has 1 unspecified atom stereocenters.